The van der Waals surface area contributed by atoms with Crippen LogP contribution in [0.4, 0.5) is 46.0 Å². The molecule has 0 atom stereocenters. The van der Waals surface area contributed by atoms with E-state index in [-0.39, 0.29) is 35.7 Å². The quantitative estimate of drug-likeness (QED) is 0.0469. The summed E-state index contributed by atoms with van der Waals surface area (Å²) in [6.45, 7) is 35.0. The lowest BCUT2D eigenvalue weighted by atomic mass is 10.0. The predicted octanol–water partition coefficient (Wildman–Crippen LogP) is 16.9. The van der Waals surface area contributed by atoms with Crippen LogP contribution in [-0.4, -0.2) is 168 Å². The van der Waals surface area contributed by atoms with Gasteiger partial charge in [0.25, 0.3) is 23.6 Å². The van der Waals surface area contributed by atoms with Gasteiger partial charge in [0, 0.05) is 184 Å². The lowest BCUT2D eigenvalue weighted by molar-refractivity contribution is 0.101. The van der Waals surface area contributed by atoms with Gasteiger partial charge in [0.2, 0.25) is 0 Å². The van der Waals surface area contributed by atoms with Gasteiger partial charge in [-0.1, -0.05) is 108 Å². The Hall–Kier alpha value is -16.6. The second-order valence-corrected chi connectivity index (χ2v) is 36.3. The first-order valence-electron chi connectivity index (χ1n) is 46.5. The summed E-state index contributed by atoms with van der Waals surface area (Å²) in [6, 6.07) is 50.3. The molecule has 2 saturated heterocycles. The van der Waals surface area contributed by atoms with Gasteiger partial charge in [0.05, 0.1) is 43.8 Å². The summed E-state index contributed by atoms with van der Waals surface area (Å²) in [7, 11) is 8.13. The number of nitrogens with two attached hydrogens (primary N) is 4. The molecular formula is C112H116N24O4. The SMILES string of the molecule is Cc1ccc(C(=O)Nc2ccc(CN3CCN(C)CC3)c(C)c2)cc1C#Cc1cn(C(C)C)c2ncnc(N)c12.Cc1ccc(C(=O)Nc2ccc(CN3CCN(C)CC3)c(C)c2)cc1C#Cc1cn(C)c2ncnc(N)c12.Cc1cccc(NC(=O)c2ccc(C)c(C#Cc3cn(C(C)C)c4ncnc(N)c34)c2)c1.Cc1cccc(NC(=O)c2ccc(C)c(C#Cc3cn(C)c4ncnc(N)c34)c2)c1. The fourth-order valence-electron chi connectivity index (χ4n) is 16.6. The zero-order valence-corrected chi connectivity index (χ0v) is 82.0. The van der Waals surface area contributed by atoms with E-state index in [1.165, 1.54) is 47.6 Å². The molecule has 708 valence electrons. The third-order valence-corrected chi connectivity index (χ3v) is 25.0. The fraction of sp³-hybridized carbons (Fsp3) is 0.250. The summed E-state index contributed by atoms with van der Waals surface area (Å²) >= 11 is 0. The van der Waals surface area contributed by atoms with Crippen molar-refractivity contribution in [1.82, 2.24) is 77.7 Å². The van der Waals surface area contributed by atoms with Crippen molar-refractivity contribution in [3.63, 3.8) is 0 Å². The molecule has 28 heteroatoms. The summed E-state index contributed by atoms with van der Waals surface area (Å²) in [5, 5.41) is 15.0. The molecule has 4 amide bonds. The molecule has 0 saturated carbocycles. The van der Waals surface area contributed by atoms with Crippen LogP contribution in [0.3, 0.4) is 0 Å². The number of rotatable bonds is 14. The molecule has 0 spiro atoms. The van der Waals surface area contributed by atoms with E-state index in [2.05, 4.69) is 202 Å². The number of aryl methyl sites for hydroxylation is 10. The molecule has 8 aromatic carbocycles. The molecule has 140 heavy (non-hydrogen) atoms. The van der Waals surface area contributed by atoms with E-state index in [1.54, 1.807) is 12.1 Å². The van der Waals surface area contributed by atoms with Crippen molar-refractivity contribution in [3.05, 3.63) is 330 Å². The largest absolute Gasteiger partial charge is 0.383 e. The van der Waals surface area contributed by atoms with Gasteiger partial charge in [-0.25, -0.2) is 39.9 Å². The third-order valence-electron chi connectivity index (χ3n) is 25.0. The van der Waals surface area contributed by atoms with Crippen LogP contribution in [0.15, 0.2) is 208 Å². The summed E-state index contributed by atoms with van der Waals surface area (Å²) in [6.07, 6.45) is 13.5. The van der Waals surface area contributed by atoms with Gasteiger partial charge in [-0.15, -0.1) is 0 Å². The standard InChI is InChI=1S/C32H37N7O.C30H33N7O.C26H25N5O.C24H21N5O/c1-21(2)39-19-27(29-30(33)34-20-35-31(29)39)9-8-24-17-25(7-6-22(24)3)32(40)36-28-11-10-26(23(4)16-28)18-38-14-12-37(5)13-15-38;1-20-5-6-23(16-22(20)7-8-25-17-36(4)29-27(25)28(31)32-19-33-29)30(38)34-26-10-9-24(21(2)15-26)18-37-13-11-35(3)12-14-37;1-16(2)31-14-21(23-24(27)28-15-29-25(23)31)11-10-19-13-20(9-8-18(19)4)26(32)30-22-7-5-6-17(3)12-22;1-15-5-4-6-20(11-15)28-24(30)18-8-7-16(2)17(12-18)9-10-19-13-29(3)23-21(19)22(25)26-14-27-23/h6-7,10-11,16-17,19-21H,12-15,18H2,1-5H3,(H,36,40)(H2,33,34,35);5-6,9-10,15-17,19H,11-14,18H2,1-4H3,(H,34,38)(H2,31,32,33);5-9,12-16H,1-4H3,(H,30,32)(H2,27,28,29);4-8,11-14H,1-3H3,(H,28,30)(H2,25,26,27). The number of benzene rings is 8. The number of likely N-dealkylation sites (N-methyl/N-ethyl adjacent to an activating group) is 2. The Morgan fingerprint density at radius 2 is 0.579 bits per heavy atom. The number of anilines is 8. The molecule has 0 radical (unpaired) electrons. The maximum Gasteiger partial charge on any atom is 0.255 e. The van der Waals surface area contributed by atoms with Crippen molar-refractivity contribution in [2.24, 2.45) is 14.1 Å². The van der Waals surface area contributed by atoms with E-state index < -0.39 is 0 Å². The van der Waals surface area contributed by atoms with Crippen LogP contribution in [0, 0.1) is 103 Å². The van der Waals surface area contributed by atoms with Gasteiger partial charge >= 0.3 is 0 Å². The number of piperazine rings is 2. The highest BCUT2D eigenvalue weighted by molar-refractivity contribution is 6.07. The number of nitrogens with zero attached hydrogens (tertiary/aromatic N) is 16. The van der Waals surface area contributed by atoms with Gasteiger partial charge in [0.1, 0.15) is 71.2 Å². The topological polar surface area (TPSA) is 356 Å². The average Bonchev–Trinajstić information content (AvgIpc) is 1.63. The molecule has 16 aromatic rings. The fourth-order valence-corrected chi connectivity index (χ4v) is 16.6. The zero-order chi connectivity index (χ0) is 99.3. The van der Waals surface area contributed by atoms with Gasteiger partial charge in [-0.2, -0.15) is 0 Å². The molecule has 2 fully saturated rings. The van der Waals surface area contributed by atoms with Crippen LogP contribution in [0.5, 0.6) is 0 Å². The van der Waals surface area contributed by atoms with Gasteiger partial charge in [0.15, 0.2) is 0 Å². The number of hydrogen-bond donors (Lipinski definition) is 8. The van der Waals surface area contributed by atoms with Crippen LogP contribution in [0.1, 0.15) is 181 Å². The number of nitrogens with one attached hydrogen (secondary N) is 4. The van der Waals surface area contributed by atoms with Gasteiger partial charge in [-0.3, -0.25) is 29.0 Å². The molecule has 0 unspecified atom stereocenters. The van der Waals surface area contributed by atoms with E-state index in [0.29, 0.717) is 45.5 Å². The minimum absolute atomic E-state index is 0.164. The first kappa shape index (κ1) is 97.9. The maximum absolute atomic E-state index is 13.2. The highest BCUT2D eigenvalue weighted by atomic mass is 16.2. The third kappa shape index (κ3) is 23.5. The monoisotopic (exact) mass is 1860 g/mol. The van der Waals surface area contributed by atoms with Crippen molar-refractivity contribution < 1.29 is 19.2 Å². The van der Waals surface area contributed by atoms with Gasteiger partial charge < -0.3 is 72.3 Å². The van der Waals surface area contributed by atoms with Crippen LogP contribution >= 0.6 is 0 Å². The molecule has 0 bridgehead atoms. The molecule has 8 aromatic heterocycles. The normalized spacial score (nSPS) is 12.7. The smallest absolute Gasteiger partial charge is 0.255 e. The number of amides is 4. The van der Waals surface area contributed by atoms with Crippen molar-refractivity contribution in [2.45, 2.75) is 108 Å². The predicted molar refractivity (Wildman–Crippen MR) is 561 cm³/mol. The lowest BCUT2D eigenvalue weighted by Gasteiger charge is -2.32. The molecule has 28 nitrogen and oxygen atoms in total. The van der Waals surface area contributed by atoms with Gasteiger partial charge in [-0.05, 0) is 250 Å². The minimum Gasteiger partial charge on any atom is -0.383 e. The Kier molecular flexibility index (Phi) is 30.5. The minimum atomic E-state index is -0.175. The molecule has 18 rings (SSSR count). The second-order valence-electron chi connectivity index (χ2n) is 36.3. The Morgan fingerprint density at radius 1 is 0.307 bits per heavy atom. The van der Waals surface area contributed by atoms with Crippen molar-refractivity contribution >= 4 is 114 Å². The molecular weight excluding hydrogens is 1750 g/mol. The average molecular weight is 1860 g/mol. The van der Waals surface area contributed by atoms with Crippen LogP contribution in [0.25, 0.3) is 44.1 Å². The molecule has 10 heterocycles. The van der Waals surface area contributed by atoms with E-state index in [4.69, 9.17) is 22.9 Å². The molecule has 2 aliphatic heterocycles. The van der Waals surface area contributed by atoms with E-state index >= 15 is 0 Å². The number of fused-ring (bicyclic) bond motifs is 4. The Balaban J connectivity index is 0.000000142. The number of aromatic nitrogens is 12. The zero-order valence-electron chi connectivity index (χ0n) is 82.0. The van der Waals surface area contributed by atoms with E-state index in [9.17, 15) is 19.2 Å². The van der Waals surface area contributed by atoms with Crippen LogP contribution in [0.2, 0.25) is 0 Å². The summed E-state index contributed by atoms with van der Waals surface area (Å²) in [4.78, 5) is 95.3. The number of carbonyl (C=O) groups is 4. The summed E-state index contributed by atoms with van der Waals surface area (Å²) in [5.74, 6) is 26.6. The summed E-state index contributed by atoms with van der Waals surface area (Å²) < 4.78 is 7.84. The molecule has 2 aliphatic rings. The van der Waals surface area contributed by atoms with Crippen LogP contribution < -0.4 is 44.2 Å². The van der Waals surface area contributed by atoms with Crippen LogP contribution in [-0.2, 0) is 27.2 Å². The molecule has 12 N–H and O–H groups in total. The van der Waals surface area contributed by atoms with E-state index in [1.807, 2.05) is 226 Å². The van der Waals surface area contributed by atoms with Crippen molar-refractivity contribution in [3.8, 4) is 47.4 Å². The highest BCUT2D eigenvalue weighted by Gasteiger charge is 2.23. The Bertz CT molecular complexity index is 7720. The highest BCUT2D eigenvalue weighted by Crippen LogP contribution is 2.32. The first-order chi connectivity index (χ1) is 67.2. The first-order valence-corrected chi connectivity index (χ1v) is 46.5. The lowest BCUT2D eigenvalue weighted by Crippen LogP contribution is -2.43. The Morgan fingerprint density at radius 3 is 0.864 bits per heavy atom. The van der Waals surface area contributed by atoms with Crippen molar-refractivity contribution in [1.29, 1.82) is 0 Å². The number of carbonyl (C=O) groups excluding carboxylic acids is 4. The summed E-state index contributed by atoms with van der Waals surface area (Å²) in [5.41, 5.74) is 50.0. The van der Waals surface area contributed by atoms with Crippen molar-refractivity contribution in [2.75, 3.05) is 111 Å². The number of hydrogen-bond acceptors (Lipinski definition) is 20. The number of nitrogen functional groups attached to an aromatic ring is 4. The van der Waals surface area contributed by atoms with E-state index in [0.717, 1.165) is 210 Å². The Labute approximate surface area is 816 Å². The maximum atomic E-state index is 13.2. The molecule has 0 aliphatic carbocycles. The second kappa shape index (κ2) is 43.6.